The third-order valence-corrected chi connectivity index (χ3v) is 4.89. The molecule has 2 heterocycles. The molecule has 0 aliphatic carbocycles. The maximum Gasteiger partial charge on any atom is 0.289 e. The van der Waals surface area contributed by atoms with Gasteiger partial charge in [0.1, 0.15) is 5.76 Å². The predicted octanol–water partition coefficient (Wildman–Crippen LogP) is 3.91. The first-order chi connectivity index (χ1) is 12.5. The fourth-order valence-corrected chi connectivity index (χ4v) is 3.53. The number of amides is 1. The molecule has 1 aliphatic rings. The minimum atomic E-state index is -0.430. The Hall–Kier alpha value is -2.40. The van der Waals surface area contributed by atoms with Gasteiger partial charge in [-0.15, -0.1) is 0 Å². The van der Waals surface area contributed by atoms with E-state index < -0.39 is 6.10 Å². The summed E-state index contributed by atoms with van der Waals surface area (Å²) in [7, 11) is 0. The molecule has 1 amide bonds. The molecule has 26 heavy (non-hydrogen) atoms. The number of aliphatic hydroxyl groups excluding tert-OH is 1. The van der Waals surface area contributed by atoms with E-state index in [-0.39, 0.29) is 17.7 Å². The van der Waals surface area contributed by atoms with Crippen LogP contribution in [0, 0.1) is 0 Å². The highest BCUT2D eigenvalue weighted by molar-refractivity contribution is 5.94. The Morgan fingerprint density at radius 3 is 2.58 bits per heavy atom. The number of hydrogen-bond donors (Lipinski definition) is 1. The number of rotatable bonds is 5. The lowest BCUT2D eigenvalue weighted by Gasteiger charge is -2.36. The molecule has 1 fully saturated rings. The molecule has 2 atom stereocenters. The van der Waals surface area contributed by atoms with Gasteiger partial charge in [0.2, 0.25) is 0 Å². The Morgan fingerprint density at radius 1 is 1.19 bits per heavy atom. The third-order valence-electron chi connectivity index (χ3n) is 4.89. The molecule has 1 saturated heterocycles. The zero-order valence-electron chi connectivity index (χ0n) is 15.3. The van der Waals surface area contributed by atoms with E-state index in [1.54, 1.807) is 31.2 Å². The highest BCUT2D eigenvalue weighted by atomic mass is 16.4. The molecule has 1 aliphatic heterocycles. The van der Waals surface area contributed by atoms with Crippen molar-refractivity contribution in [1.29, 1.82) is 0 Å². The average Bonchev–Trinajstić information content (AvgIpc) is 3.11. The van der Waals surface area contributed by atoms with E-state index in [2.05, 4.69) is 0 Å². The van der Waals surface area contributed by atoms with Crippen LogP contribution in [0.2, 0.25) is 0 Å². The largest absolute Gasteiger partial charge is 0.451 e. The number of furan rings is 1. The molecule has 5 nitrogen and oxygen atoms in total. The van der Waals surface area contributed by atoms with E-state index in [0.29, 0.717) is 30.0 Å². The van der Waals surface area contributed by atoms with E-state index in [4.69, 9.17) is 4.42 Å². The van der Waals surface area contributed by atoms with Gasteiger partial charge in [-0.3, -0.25) is 9.59 Å². The molecule has 0 bridgehead atoms. The van der Waals surface area contributed by atoms with Crippen LogP contribution in [0.4, 0.5) is 0 Å². The van der Waals surface area contributed by atoms with E-state index in [0.717, 1.165) is 24.8 Å². The molecule has 138 valence electrons. The van der Waals surface area contributed by atoms with Crippen LogP contribution in [0.25, 0.3) is 11.3 Å². The second kappa shape index (κ2) is 7.87. The van der Waals surface area contributed by atoms with Gasteiger partial charge in [0.15, 0.2) is 11.5 Å². The summed E-state index contributed by atoms with van der Waals surface area (Å²) < 4.78 is 5.80. The Bertz CT molecular complexity index is 776. The first-order valence-electron chi connectivity index (χ1n) is 9.16. The third kappa shape index (κ3) is 4.05. The van der Waals surface area contributed by atoms with Crippen molar-refractivity contribution >= 4 is 11.7 Å². The van der Waals surface area contributed by atoms with Crippen LogP contribution in [0.1, 0.15) is 60.4 Å². The van der Waals surface area contributed by atoms with Gasteiger partial charge in [0.25, 0.3) is 5.91 Å². The van der Waals surface area contributed by atoms with E-state index in [9.17, 15) is 14.7 Å². The molecule has 1 N–H and O–H groups in total. The number of likely N-dealkylation sites (tertiary alicyclic amines) is 1. The van der Waals surface area contributed by atoms with Crippen LogP contribution < -0.4 is 0 Å². The number of aliphatic hydroxyl groups is 1. The molecule has 0 saturated carbocycles. The van der Waals surface area contributed by atoms with Crippen molar-refractivity contribution < 1.29 is 19.1 Å². The van der Waals surface area contributed by atoms with E-state index >= 15 is 0 Å². The number of piperidine rings is 1. The lowest BCUT2D eigenvalue weighted by Crippen LogP contribution is -2.44. The Balaban J connectivity index is 1.77. The van der Waals surface area contributed by atoms with E-state index in [1.165, 1.54) is 6.92 Å². The van der Waals surface area contributed by atoms with Crippen LogP contribution in [0.15, 0.2) is 40.8 Å². The summed E-state index contributed by atoms with van der Waals surface area (Å²) in [5.74, 6) is 0.809. The summed E-state index contributed by atoms with van der Waals surface area (Å²) >= 11 is 0. The van der Waals surface area contributed by atoms with Crippen LogP contribution >= 0.6 is 0 Å². The highest BCUT2D eigenvalue weighted by Gasteiger charge is 2.30. The van der Waals surface area contributed by atoms with Crippen molar-refractivity contribution in [2.45, 2.75) is 51.7 Å². The molecular weight excluding hydrogens is 330 g/mol. The van der Waals surface area contributed by atoms with Crippen molar-refractivity contribution in [2.75, 3.05) is 6.54 Å². The molecule has 0 spiro atoms. The van der Waals surface area contributed by atoms with Crippen LogP contribution in [-0.2, 0) is 0 Å². The SMILES string of the molecule is CC(=O)c1ccc(-c2ccc(C(=O)N3CCCC[C@@H]3C[C@H](C)O)o2)cc1. The number of carbonyl (C=O) groups excluding carboxylic acids is 2. The molecule has 2 aromatic rings. The molecule has 3 rings (SSSR count). The lowest BCUT2D eigenvalue weighted by atomic mass is 9.97. The first-order valence-corrected chi connectivity index (χ1v) is 9.16. The fourth-order valence-electron chi connectivity index (χ4n) is 3.53. The second-order valence-electron chi connectivity index (χ2n) is 7.03. The second-order valence-corrected chi connectivity index (χ2v) is 7.03. The van der Waals surface area contributed by atoms with Crippen molar-refractivity contribution in [2.24, 2.45) is 0 Å². The van der Waals surface area contributed by atoms with Gasteiger partial charge < -0.3 is 14.4 Å². The average molecular weight is 355 g/mol. The summed E-state index contributed by atoms with van der Waals surface area (Å²) in [6.45, 7) is 3.98. The topological polar surface area (TPSA) is 70.8 Å². The van der Waals surface area contributed by atoms with Crippen LogP contribution in [0.5, 0.6) is 0 Å². The monoisotopic (exact) mass is 355 g/mol. The van der Waals surface area contributed by atoms with Crippen molar-refractivity contribution in [1.82, 2.24) is 4.90 Å². The molecule has 0 radical (unpaired) electrons. The molecule has 5 heteroatoms. The standard InChI is InChI=1S/C21H25NO4/c1-14(23)13-18-5-3-4-12-22(18)21(25)20-11-10-19(26-20)17-8-6-16(7-9-17)15(2)24/h6-11,14,18,23H,3-5,12-13H2,1-2H3/t14-,18+/m0/s1. The Morgan fingerprint density at radius 2 is 1.92 bits per heavy atom. The zero-order valence-corrected chi connectivity index (χ0v) is 15.3. The Labute approximate surface area is 153 Å². The molecule has 0 unspecified atom stereocenters. The normalized spacial score (nSPS) is 18.6. The predicted molar refractivity (Wildman–Crippen MR) is 99.1 cm³/mol. The number of Topliss-reactive ketones (excluding diaryl/α,β-unsaturated/α-hetero) is 1. The lowest BCUT2D eigenvalue weighted by molar-refractivity contribution is 0.0486. The number of nitrogens with zero attached hydrogens (tertiary/aromatic N) is 1. The number of carbonyl (C=O) groups is 2. The van der Waals surface area contributed by atoms with Crippen LogP contribution in [-0.4, -0.2) is 40.4 Å². The summed E-state index contributed by atoms with van der Waals surface area (Å²) in [5.41, 5.74) is 1.47. The van der Waals surface area contributed by atoms with E-state index in [1.807, 2.05) is 17.0 Å². The van der Waals surface area contributed by atoms with Gasteiger partial charge in [-0.1, -0.05) is 24.3 Å². The minimum Gasteiger partial charge on any atom is -0.451 e. The molecule has 1 aromatic heterocycles. The van der Waals surface area contributed by atoms with Crippen molar-refractivity contribution in [3.63, 3.8) is 0 Å². The fraction of sp³-hybridized carbons (Fsp3) is 0.429. The first kappa shape index (κ1) is 18.4. The maximum absolute atomic E-state index is 12.9. The molecular formula is C21H25NO4. The van der Waals surface area contributed by atoms with Gasteiger partial charge in [0.05, 0.1) is 6.10 Å². The summed E-state index contributed by atoms with van der Waals surface area (Å²) in [6.07, 6.45) is 3.12. The summed E-state index contributed by atoms with van der Waals surface area (Å²) in [4.78, 5) is 26.1. The maximum atomic E-state index is 12.9. The van der Waals surface area contributed by atoms with Gasteiger partial charge >= 0.3 is 0 Å². The van der Waals surface area contributed by atoms with Crippen molar-refractivity contribution in [3.8, 4) is 11.3 Å². The van der Waals surface area contributed by atoms with Gasteiger partial charge in [0, 0.05) is 23.7 Å². The minimum absolute atomic E-state index is 0.0149. The number of ketones is 1. The molecule has 1 aromatic carbocycles. The summed E-state index contributed by atoms with van der Waals surface area (Å²) in [6, 6.07) is 10.7. The summed E-state index contributed by atoms with van der Waals surface area (Å²) in [5, 5.41) is 9.70. The van der Waals surface area contributed by atoms with Gasteiger partial charge in [-0.2, -0.15) is 0 Å². The van der Waals surface area contributed by atoms with Gasteiger partial charge in [-0.05, 0) is 51.7 Å². The quantitative estimate of drug-likeness (QED) is 0.826. The number of benzene rings is 1. The van der Waals surface area contributed by atoms with Crippen molar-refractivity contribution in [3.05, 3.63) is 47.7 Å². The zero-order chi connectivity index (χ0) is 18.7. The van der Waals surface area contributed by atoms with Crippen LogP contribution in [0.3, 0.4) is 0 Å². The Kier molecular flexibility index (Phi) is 5.57. The number of hydrogen-bond acceptors (Lipinski definition) is 4. The highest BCUT2D eigenvalue weighted by Crippen LogP contribution is 2.27. The van der Waals surface area contributed by atoms with Gasteiger partial charge in [-0.25, -0.2) is 0 Å². The smallest absolute Gasteiger partial charge is 0.289 e.